The third-order valence-corrected chi connectivity index (χ3v) is 2.31. The van der Waals surface area contributed by atoms with Crippen LogP contribution in [0.25, 0.3) is 0 Å². The number of aryl methyl sites for hydroxylation is 1. The highest BCUT2D eigenvalue weighted by Gasteiger charge is 2.27. The van der Waals surface area contributed by atoms with Crippen molar-refractivity contribution in [1.29, 1.82) is 0 Å². The molecular formula is C9H11N3O2. The van der Waals surface area contributed by atoms with Crippen molar-refractivity contribution in [1.82, 2.24) is 15.3 Å². The summed E-state index contributed by atoms with van der Waals surface area (Å²) in [6, 6.07) is 0. The molecule has 5 nitrogen and oxygen atoms in total. The smallest absolute Gasteiger partial charge is 0.313 e. The topological polar surface area (TPSA) is 75.1 Å². The molecular weight excluding hydrogens is 182 g/mol. The van der Waals surface area contributed by atoms with E-state index in [2.05, 4.69) is 15.3 Å². The maximum absolute atomic E-state index is 10.9. The summed E-state index contributed by atoms with van der Waals surface area (Å²) >= 11 is 0. The molecule has 0 aliphatic carbocycles. The Morgan fingerprint density at radius 3 is 3.21 bits per heavy atom. The maximum Gasteiger partial charge on any atom is 0.313 e. The van der Waals surface area contributed by atoms with Crippen molar-refractivity contribution in [3.05, 3.63) is 23.3 Å². The van der Waals surface area contributed by atoms with Crippen molar-refractivity contribution in [3.8, 4) is 0 Å². The third-order valence-electron chi connectivity index (χ3n) is 2.31. The molecule has 0 spiro atoms. The fourth-order valence-electron chi connectivity index (χ4n) is 1.60. The van der Waals surface area contributed by atoms with E-state index in [0.717, 1.165) is 5.56 Å². The van der Waals surface area contributed by atoms with Gasteiger partial charge in [0.05, 0.1) is 5.69 Å². The lowest BCUT2D eigenvalue weighted by Gasteiger charge is -2.21. The van der Waals surface area contributed by atoms with E-state index in [0.29, 0.717) is 24.6 Å². The molecule has 2 heterocycles. The van der Waals surface area contributed by atoms with Gasteiger partial charge in [0.15, 0.2) is 0 Å². The average Bonchev–Trinajstić information content (AvgIpc) is 2.16. The first kappa shape index (κ1) is 9.08. The average molecular weight is 193 g/mol. The Morgan fingerprint density at radius 1 is 1.71 bits per heavy atom. The van der Waals surface area contributed by atoms with Gasteiger partial charge in [0.2, 0.25) is 0 Å². The fraction of sp³-hybridized carbons (Fsp3) is 0.444. The van der Waals surface area contributed by atoms with Gasteiger partial charge < -0.3 is 10.4 Å². The predicted octanol–water partition coefficient (Wildman–Crippen LogP) is 0.0564. The van der Waals surface area contributed by atoms with Gasteiger partial charge >= 0.3 is 5.97 Å². The van der Waals surface area contributed by atoms with E-state index in [4.69, 9.17) is 5.11 Å². The Labute approximate surface area is 81.2 Å². The van der Waals surface area contributed by atoms with E-state index < -0.39 is 11.9 Å². The van der Waals surface area contributed by atoms with Gasteiger partial charge in [-0.3, -0.25) is 4.79 Å². The highest BCUT2D eigenvalue weighted by Crippen LogP contribution is 2.21. The van der Waals surface area contributed by atoms with Gasteiger partial charge in [0.1, 0.15) is 11.7 Å². The molecule has 1 aromatic heterocycles. The van der Waals surface area contributed by atoms with Crippen molar-refractivity contribution in [2.24, 2.45) is 0 Å². The van der Waals surface area contributed by atoms with Gasteiger partial charge in [-0.05, 0) is 6.92 Å². The number of nitrogens with zero attached hydrogens (tertiary/aromatic N) is 2. The van der Waals surface area contributed by atoms with E-state index in [1.165, 1.54) is 0 Å². The van der Waals surface area contributed by atoms with Gasteiger partial charge in [-0.1, -0.05) is 0 Å². The molecule has 0 bridgehead atoms. The molecule has 1 aromatic rings. The summed E-state index contributed by atoms with van der Waals surface area (Å²) in [5.74, 6) is -0.756. The second kappa shape index (κ2) is 3.34. The summed E-state index contributed by atoms with van der Waals surface area (Å²) in [6.07, 6.45) is 1.69. The third kappa shape index (κ3) is 1.46. The van der Waals surface area contributed by atoms with Crippen LogP contribution in [0.15, 0.2) is 6.20 Å². The predicted molar refractivity (Wildman–Crippen MR) is 48.9 cm³/mol. The lowest BCUT2D eigenvalue weighted by Crippen LogP contribution is -2.33. The largest absolute Gasteiger partial charge is 0.481 e. The maximum atomic E-state index is 10.9. The van der Waals surface area contributed by atoms with Gasteiger partial charge in [-0.2, -0.15) is 0 Å². The molecule has 2 N–H and O–H groups in total. The molecule has 1 aliphatic heterocycles. The van der Waals surface area contributed by atoms with Crippen molar-refractivity contribution < 1.29 is 9.90 Å². The number of fused-ring (bicyclic) bond motifs is 1. The van der Waals surface area contributed by atoms with Crippen LogP contribution in [0.1, 0.15) is 23.0 Å². The van der Waals surface area contributed by atoms with Crippen LogP contribution in [-0.2, 0) is 11.3 Å². The molecule has 1 unspecified atom stereocenters. The van der Waals surface area contributed by atoms with Crippen LogP contribution in [-0.4, -0.2) is 27.6 Å². The summed E-state index contributed by atoms with van der Waals surface area (Å²) in [6.45, 7) is 2.86. The van der Waals surface area contributed by atoms with Crippen LogP contribution in [0.5, 0.6) is 0 Å². The Kier molecular flexibility index (Phi) is 2.17. The van der Waals surface area contributed by atoms with Crippen LogP contribution in [0.2, 0.25) is 0 Å². The summed E-state index contributed by atoms with van der Waals surface area (Å²) in [5.41, 5.74) is 1.54. The number of aromatic nitrogens is 2. The summed E-state index contributed by atoms with van der Waals surface area (Å²) in [4.78, 5) is 19.2. The molecule has 14 heavy (non-hydrogen) atoms. The Balaban J connectivity index is 2.46. The van der Waals surface area contributed by atoms with Crippen molar-refractivity contribution in [2.45, 2.75) is 19.4 Å². The quantitative estimate of drug-likeness (QED) is 0.659. The molecule has 0 radical (unpaired) electrons. The zero-order valence-corrected chi connectivity index (χ0v) is 7.82. The number of carboxylic acids is 1. The van der Waals surface area contributed by atoms with E-state index in [1.807, 2.05) is 0 Å². The number of aliphatic carboxylic acids is 1. The normalized spacial score (nSPS) is 20.2. The van der Waals surface area contributed by atoms with Crippen LogP contribution in [0, 0.1) is 6.92 Å². The fourth-order valence-corrected chi connectivity index (χ4v) is 1.60. The molecule has 0 aromatic carbocycles. The minimum Gasteiger partial charge on any atom is -0.481 e. The van der Waals surface area contributed by atoms with Crippen LogP contribution in [0.3, 0.4) is 0 Å². The van der Waals surface area contributed by atoms with Crippen LogP contribution >= 0.6 is 0 Å². The lowest BCUT2D eigenvalue weighted by atomic mass is 9.97. The molecule has 1 atom stereocenters. The minimum atomic E-state index is -0.837. The molecule has 74 valence electrons. The highest BCUT2D eigenvalue weighted by atomic mass is 16.4. The summed E-state index contributed by atoms with van der Waals surface area (Å²) < 4.78 is 0. The monoisotopic (exact) mass is 193 g/mol. The van der Waals surface area contributed by atoms with Crippen molar-refractivity contribution in [3.63, 3.8) is 0 Å². The second-order valence-corrected chi connectivity index (χ2v) is 3.35. The minimum absolute atomic E-state index is 0.443. The van der Waals surface area contributed by atoms with E-state index in [9.17, 15) is 4.79 Å². The number of carboxylic acid groups (broad SMARTS) is 1. The Morgan fingerprint density at radius 2 is 2.50 bits per heavy atom. The van der Waals surface area contributed by atoms with Gasteiger partial charge in [-0.15, -0.1) is 0 Å². The molecule has 0 fully saturated rings. The second-order valence-electron chi connectivity index (χ2n) is 3.35. The van der Waals surface area contributed by atoms with E-state index in [1.54, 1.807) is 13.1 Å². The van der Waals surface area contributed by atoms with Crippen LogP contribution in [0.4, 0.5) is 0 Å². The van der Waals surface area contributed by atoms with Gasteiger partial charge in [0, 0.05) is 24.8 Å². The first-order chi connectivity index (χ1) is 6.68. The number of hydrogen-bond donors (Lipinski definition) is 2. The molecule has 0 saturated heterocycles. The molecule has 1 aliphatic rings. The highest BCUT2D eigenvalue weighted by molar-refractivity contribution is 5.76. The molecule has 5 heteroatoms. The van der Waals surface area contributed by atoms with E-state index >= 15 is 0 Å². The Bertz CT molecular complexity index is 378. The number of nitrogens with one attached hydrogen (secondary N) is 1. The van der Waals surface area contributed by atoms with Gasteiger partial charge in [0.25, 0.3) is 0 Å². The number of rotatable bonds is 1. The summed E-state index contributed by atoms with van der Waals surface area (Å²) in [7, 11) is 0. The Hall–Kier alpha value is -1.49. The van der Waals surface area contributed by atoms with Crippen molar-refractivity contribution >= 4 is 5.97 Å². The van der Waals surface area contributed by atoms with Crippen LogP contribution < -0.4 is 5.32 Å². The van der Waals surface area contributed by atoms with Gasteiger partial charge in [-0.25, -0.2) is 9.97 Å². The first-order valence-corrected chi connectivity index (χ1v) is 4.44. The SMILES string of the molecule is Cc1ncc2c(n1)C(C(=O)O)CNC2. The number of hydrogen-bond acceptors (Lipinski definition) is 4. The lowest BCUT2D eigenvalue weighted by molar-refractivity contribution is -0.138. The standard InChI is InChI=1S/C9H11N3O2/c1-5-11-3-6-2-10-4-7(9(13)14)8(6)12-5/h3,7,10H,2,4H2,1H3,(H,13,14). The molecule has 2 rings (SSSR count). The van der Waals surface area contributed by atoms with E-state index in [-0.39, 0.29) is 0 Å². The number of carbonyl (C=O) groups is 1. The zero-order chi connectivity index (χ0) is 10.1. The zero-order valence-electron chi connectivity index (χ0n) is 7.82. The van der Waals surface area contributed by atoms with Crippen molar-refractivity contribution in [2.75, 3.05) is 6.54 Å². The molecule has 0 amide bonds. The molecule has 0 saturated carbocycles. The first-order valence-electron chi connectivity index (χ1n) is 4.44. The summed E-state index contributed by atoms with van der Waals surface area (Å²) in [5, 5.41) is 12.0.